The van der Waals surface area contributed by atoms with Crippen molar-refractivity contribution in [2.45, 2.75) is 33.0 Å². The van der Waals surface area contributed by atoms with Crippen LogP contribution >= 0.6 is 0 Å². The number of para-hydroxylation sites is 3. The van der Waals surface area contributed by atoms with Gasteiger partial charge in [0, 0.05) is 0 Å². The zero-order valence-electron chi connectivity index (χ0n) is 17.2. The van der Waals surface area contributed by atoms with Crippen LogP contribution in [0.2, 0.25) is 0 Å². The fourth-order valence-corrected chi connectivity index (χ4v) is 3.66. The number of carbonyl (C=O) groups is 1. The molecule has 1 amide bonds. The van der Waals surface area contributed by atoms with Gasteiger partial charge in [0.15, 0.2) is 0 Å². The monoisotopic (exact) mass is 399 g/mol. The Morgan fingerprint density at radius 2 is 1.70 bits per heavy atom. The molecule has 0 saturated carbocycles. The van der Waals surface area contributed by atoms with Gasteiger partial charge in [0.25, 0.3) is 0 Å². The van der Waals surface area contributed by atoms with Crippen molar-refractivity contribution in [2.24, 2.45) is 0 Å². The van der Waals surface area contributed by atoms with Crippen molar-refractivity contribution < 1.29 is 9.53 Å². The van der Waals surface area contributed by atoms with Crippen LogP contribution in [-0.2, 0) is 17.9 Å². The summed E-state index contributed by atoms with van der Waals surface area (Å²) in [6, 6.07) is 25.5. The van der Waals surface area contributed by atoms with E-state index in [4.69, 9.17) is 9.72 Å². The van der Waals surface area contributed by atoms with Crippen molar-refractivity contribution >= 4 is 16.9 Å². The average molecular weight is 399 g/mol. The van der Waals surface area contributed by atoms with Gasteiger partial charge in [-0.1, -0.05) is 54.6 Å². The summed E-state index contributed by atoms with van der Waals surface area (Å²) in [5.74, 6) is 1.43. The molecule has 0 aliphatic carbocycles. The highest BCUT2D eigenvalue weighted by Gasteiger charge is 2.16. The Balaban J connectivity index is 1.53. The van der Waals surface area contributed by atoms with Gasteiger partial charge >= 0.3 is 0 Å². The molecule has 4 aromatic rings. The number of benzene rings is 3. The molecule has 4 rings (SSSR count). The van der Waals surface area contributed by atoms with Gasteiger partial charge in [-0.05, 0) is 49.2 Å². The predicted molar refractivity (Wildman–Crippen MR) is 118 cm³/mol. The van der Waals surface area contributed by atoms with Crippen LogP contribution < -0.4 is 10.1 Å². The van der Waals surface area contributed by atoms with E-state index in [1.54, 1.807) is 0 Å². The van der Waals surface area contributed by atoms with Crippen molar-refractivity contribution in [3.8, 4) is 5.75 Å². The molecule has 0 bridgehead atoms. The van der Waals surface area contributed by atoms with Crippen LogP contribution in [0, 0.1) is 6.92 Å². The molecule has 5 heteroatoms. The SMILES string of the molecule is Cc1ccccc1C(C)NC(=O)Cn1c(COc2ccccc2)nc2ccccc21. The molecule has 3 aromatic carbocycles. The molecule has 0 fully saturated rings. The van der Waals surface area contributed by atoms with Gasteiger partial charge in [0.1, 0.15) is 24.7 Å². The lowest BCUT2D eigenvalue weighted by Crippen LogP contribution is -2.31. The molecule has 0 aliphatic rings. The Kier molecular flexibility index (Phi) is 5.80. The third-order valence-corrected chi connectivity index (χ3v) is 5.18. The zero-order valence-corrected chi connectivity index (χ0v) is 17.2. The summed E-state index contributed by atoms with van der Waals surface area (Å²) in [6.45, 7) is 4.54. The topological polar surface area (TPSA) is 56.2 Å². The number of fused-ring (bicyclic) bond motifs is 1. The summed E-state index contributed by atoms with van der Waals surface area (Å²) >= 11 is 0. The molecule has 1 unspecified atom stereocenters. The van der Waals surface area contributed by atoms with Gasteiger partial charge in [-0.15, -0.1) is 0 Å². The van der Waals surface area contributed by atoms with E-state index in [0.29, 0.717) is 6.61 Å². The standard InChI is InChI=1S/C25H25N3O2/c1-18-10-6-7-13-21(18)19(2)26-25(29)16-28-23-15-9-8-14-22(23)27-24(28)17-30-20-11-4-3-5-12-20/h3-15,19H,16-17H2,1-2H3,(H,26,29). The van der Waals surface area contributed by atoms with Crippen molar-refractivity contribution in [1.82, 2.24) is 14.9 Å². The number of amides is 1. The van der Waals surface area contributed by atoms with Crippen molar-refractivity contribution in [3.63, 3.8) is 0 Å². The van der Waals surface area contributed by atoms with Crippen LogP contribution in [0.5, 0.6) is 5.75 Å². The van der Waals surface area contributed by atoms with Crippen LogP contribution in [0.3, 0.4) is 0 Å². The number of hydrogen-bond donors (Lipinski definition) is 1. The summed E-state index contributed by atoms with van der Waals surface area (Å²) < 4.78 is 7.82. The summed E-state index contributed by atoms with van der Waals surface area (Å²) in [7, 11) is 0. The van der Waals surface area contributed by atoms with E-state index in [2.05, 4.69) is 18.3 Å². The Bertz CT molecular complexity index is 1150. The zero-order chi connectivity index (χ0) is 20.9. The highest BCUT2D eigenvalue weighted by atomic mass is 16.5. The number of hydrogen-bond acceptors (Lipinski definition) is 3. The lowest BCUT2D eigenvalue weighted by molar-refractivity contribution is -0.122. The number of carbonyl (C=O) groups excluding carboxylic acids is 1. The van der Waals surface area contributed by atoms with Gasteiger partial charge < -0.3 is 14.6 Å². The molecular weight excluding hydrogens is 374 g/mol. The fourth-order valence-electron chi connectivity index (χ4n) is 3.66. The summed E-state index contributed by atoms with van der Waals surface area (Å²) in [6.07, 6.45) is 0. The predicted octanol–water partition coefficient (Wildman–Crippen LogP) is 4.80. The third kappa shape index (κ3) is 4.35. The quantitative estimate of drug-likeness (QED) is 0.486. The summed E-state index contributed by atoms with van der Waals surface area (Å²) in [5.41, 5.74) is 4.05. The molecule has 0 aliphatic heterocycles. The Morgan fingerprint density at radius 3 is 2.50 bits per heavy atom. The van der Waals surface area contributed by atoms with E-state index in [0.717, 1.165) is 33.7 Å². The van der Waals surface area contributed by atoms with Gasteiger partial charge in [0.2, 0.25) is 5.91 Å². The van der Waals surface area contributed by atoms with E-state index in [1.807, 2.05) is 84.3 Å². The van der Waals surface area contributed by atoms with Crippen LogP contribution in [0.4, 0.5) is 0 Å². The maximum Gasteiger partial charge on any atom is 0.240 e. The molecule has 5 nitrogen and oxygen atoms in total. The van der Waals surface area contributed by atoms with Crippen LogP contribution in [-0.4, -0.2) is 15.5 Å². The van der Waals surface area contributed by atoms with Crippen LogP contribution in [0.25, 0.3) is 11.0 Å². The number of aryl methyl sites for hydroxylation is 1. The van der Waals surface area contributed by atoms with E-state index in [-0.39, 0.29) is 18.5 Å². The largest absolute Gasteiger partial charge is 0.486 e. The normalized spacial score (nSPS) is 11.9. The fraction of sp³-hybridized carbons (Fsp3) is 0.200. The molecule has 1 heterocycles. The Morgan fingerprint density at radius 1 is 1.00 bits per heavy atom. The molecule has 152 valence electrons. The molecule has 0 saturated heterocycles. The minimum Gasteiger partial charge on any atom is -0.486 e. The molecule has 0 radical (unpaired) electrons. The highest BCUT2D eigenvalue weighted by Crippen LogP contribution is 2.20. The summed E-state index contributed by atoms with van der Waals surface area (Å²) in [5, 5.41) is 3.11. The second-order valence-corrected chi connectivity index (χ2v) is 7.35. The first-order chi connectivity index (χ1) is 14.6. The van der Waals surface area contributed by atoms with Gasteiger partial charge in [-0.3, -0.25) is 4.79 Å². The smallest absolute Gasteiger partial charge is 0.240 e. The minimum atomic E-state index is -0.0718. The highest BCUT2D eigenvalue weighted by molar-refractivity contribution is 5.81. The molecule has 1 N–H and O–H groups in total. The van der Waals surface area contributed by atoms with Crippen molar-refractivity contribution in [1.29, 1.82) is 0 Å². The minimum absolute atomic E-state index is 0.0603. The van der Waals surface area contributed by atoms with Gasteiger partial charge in [0.05, 0.1) is 17.1 Å². The number of imidazole rings is 1. The van der Waals surface area contributed by atoms with Gasteiger partial charge in [-0.2, -0.15) is 0 Å². The van der Waals surface area contributed by atoms with E-state index in [1.165, 1.54) is 0 Å². The van der Waals surface area contributed by atoms with Crippen molar-refractivity contribution in [3.05, 3.63) is 95.8 Å². The number of rotatable bonds is 7. The second-order valence-electron chi connectivity index (χ2n) is 7.35. The molecule has 1 atom stereocenters. The number of nitrogens with one attached hydrogen (secondary N) is 1. The Hall–Kier alpha value is -3.60. The molecule has 1 aromatic heterocycles. The summed E-state index contributed by atoms with van der Waals surface area (Å²) in [4.78, 5) is 17.6. The first-order valence-electron chi connectivity index (χ1n) is 10.1. The van der Waals surface area contributed by atoms with Gasteiger partial charge in [-0.25, -0.2) is 4.98 Å². The van der Waals surface area contributed by atoms with E-state index >= 15 is 0 Å². The maximum atomic E-state index is 12.9. The molecule has 30 heavy (non-hydrogen) atoms. The number of nitrogens with zero attached hydrogens (tertiary/aromatic N) is 2. The number of ether oxygens (including phenoxy) is 1. The first kappa shape index (κ1) is 19.7. The van der Waals surface area contributed by atoms with E-state index in [9.17, 15) is 4.79 Å². The Labute approximate surface area is 176 Å². The number of aromatic nitrogens is 2. The molecule has 0 spiro atoms. The molecular formula is C25H25N3O2. The van der Waals surface area contributed by atoms with Crippen LogP contribution in [0.1, 0.15) is 29.9 Å². The first-order valence-corrected chi connectivity index (χ1v) is 10.1. The van der Waals surface area contributed by atoms with E-state index < -0.39 is 0 Å². The van der Waals surface area contributed by atoms with Crippen LogP contribution in [0.15, 0.2) is 78.9 Å². The third-order valence-electron chi connectivity index (χ3n) is 5.18. The average Bonchev–Trinajstić information content (AvgIpc) is 3.10. The lowest BCUT2D eigenvalue weighted by Gasteiger charge is -2.17. The second kappa shape index (κ2) is 8.82. The maximum absolute atomic E-state index is 12.9. The van der Waals surface area contributed by atoms with Crippen molar-refractivity contribution in [2.75, 3.05) is 0 Å². The lowest BCUT2D eigenvalue weighted by atomic mass is 10.0.